The van der Waals surface area contributed by atoms with Crippen LogP contribution in [0.2, 0.25) is 0 Å². The molecule has 0 N–H and O–H groups in total. The van der Waals surface area contributed by atoms with Gasteiger partial charge in [0.2, 0.25) is 0 Å². The predicted octanol–water partition coefficient (Wildman–Crippen LogP) is 2.76. The Hall–Kier alpha value is -2.67. The third-order valence-corrected chi connectivity index (χ3v) is 6.48. The molecule has 2 aromatic carbocycles. The fraction of sp³-hybridized carbons (Fsp3) is 0.263. The van der Waals surface area contributed by atoms with Crippen molar-refractivity contribution in [1.29, 1.82) is 0 Å². The number of anilines is 1. The molecule has 0 spiro atoms. The predicted molar refractivity (Wildman–Crippen MR) is 101 cm³/mol. The molecule has 0 aliphatic carbocycles. The zero-order chi connectivity index (χ0) is 18.1. The van der Waals surface area contributed by atoms with Crippen molar-refractivity contribution >= 4 is 15.5 Å². The van der Waals surface area contributed by atoms with Crippen LogP contribution in [0, 0.1) is 0 Å². The number of fused-ring (bicyclic) bond motifs is 1. The summed E-state index contributed by atoms with van der Waals surface area (Å²) in [5.41, 5.74) is 1.78. The van der Waals surface area contributed by atoms with Crippen LogP contribution in [0.3, 0.4) is 0 Å². The van der Waals surface area contributed by atoms with Crippen molar-refractivity contribution in [3.05, 3.63) is 60.4 Å². The minimum absolute atomic E-state index is 0.0895. The quantitative estimate of drug-likeness (QED) is 0.708. The maximum Gasteiger partial charge on any atom is 0.180 e. The fourth-order valence-corrected chi connectivity index (χ4v) is 4.41. The highest BCUT2D eigenvalue weighted by molar-refractivity contribution is 7.91. The first-order valence-corrected chi connectivity index (χ1v) is 10.3. The Bertz CT molecular complexity index is 1030. The second kappa shape index (κ2) is 6.57. The van der Waals surface area contributed by atoms with E-state index in [1.807, 2.05) is 42.5 Å². The van der Waals surface area contributed by atoms with Gasteiger partial charge in [0.25, 0.3) is 0 Å². The van der Waals surface area contributed by atoms with E-state index in [0.717, 1.165) is 22.9 Å². The maximum absolute atomic E-state index is 12.4. The number of hydrogen-bond donors (Lipinski definition) is 0. The molecule has 0 unspecified atom stereocenters. The summed E-state index contributed by atoms with van der Waals surface area (Å²) in [6.45, 7) is 3.63. The van der Waals surface area contributed by atoms with Crippen LogP contribution in [0.4, 0.5) is 5.69 Å². The van der Waals surface area contributed by atoms with E-state index in [9.17, 15) is 8.42 Å². The third kappa shape index (κ3) is 2.88. The summed E-state index contributed by atoms with van der Waals surface area (Å²) >= 11 is 0. The first-order valence-electron chi connectivity index (χ1n) is 8.64. The van der Waals surface area contributed by atoms with E-state index in [1.165, 1.54) is 0 Å². The number of benzene rings is 2. The fourth-order valence-electron chi connectivity index (χ4n) is 3.30. The van der Waals surface area contributed by atoms with Crippen LogP contribution >= 0.6 is 0 Å². The molecule has 134 valence electrons. The van der Waals surface area contributed by atoms with Gasteiger partial charge in [-0.3, -0.25) is 0 Å². The van der Waals surface area contributed by atoms with E-state index in [2.05, 4.69) is 19.7 Å². The van der Waals surface area contributed by atoms with Crippen LogP contribution < -0.4 is 4.90 Å². The molecule has 0 bridgehead atoms. The van der Waals surface area contributed by atoms with E-state index < -0.39 is 9.84 Å². The highest BCUT2D eigenvalue weighted by Crippen LogP contribution is 2.30. The van der Waals surface area contributed by atoms with Crippen molar-refractivity contribution in [2.75, 3.05) is 17.2 Å². The molecule has 0 radical (unpaired) electrons. The number of aromatic nitrogens is 3. The second-order valence-corrected chi connectivity index (χ2v) is 8.50. The molecule has 7 heteroatoms. The molecule has 0 saturated carbocycles. The summed E-state index contributed by atoms with van der Waals surface area (Å²) in [4.78, 5) is 2.46. The smallest absolute Gasteiger partial charge is 0.180 e. The van der Waals surface area contributed by atoms with E-state index in [4.69, 9.17) is 0 Å². The van der Waals surface area contributed by atoms with Crippen molar-refractivity contribution < 1.29 is 8.42 Å². The van der Waals surface area contributed by atoms with Gasteiger partial charge in [0, 0.05) is 18.7 Å². The standard InChI is InChI=1S/C19H20N4O2S/c1-2-26(24,25)17-11-7-6-10-16(17)22-12-13-23-18(14-22)20-21-19(23)15-8-4-3-5-9-15/h3-11H,2,12-14H2,1H3. The van der Waals surface area contributed by atoms with Crippen LogP contribution in [0.1, 0.15) is 12.7 Å². The molecule has 6 nitrogen and oxygen atoms in total. The Morgan fingerprint density at radius 2 is 1.69 bits per heavy atom. The Balaban J connectivity index is 1.68. The van der Waals surface area contributed by atoms with Gasteiger partial charge in [-0.15, -0.1) is 10.2 Å². The molecule has 4 rings (SSSR count). The lowest BCUT2D eigenvalue weighted by Crippen LogP contribution is -2.35. The third-order valence-electron chi connectivity index (χ3n) is 4.71. The first kappa shape index (κ1) is 16.8. The van der Waals surface area contributed by atoms with E-state index in [-0.39, 0.29) is 5.75 Å². The highest BCUT2D eigenvalue weighted by atomic mass is 32.2. The van der Waals surface area contributed by atoms with Gasteiger partial charge < -0.3 is 9.47 Å². The van der Waals surface area contributed by atoms with Crippen molar-refractivity contribution in [2.45, 2.75) is 24.9 Å². The van der Waals surface area contributed by atoms with Crippen LogP contribution in [0.5, 0.6) is 0 Å². The monoisotopic (exact) mass is 368 g/mol. The second-order valence-electron chi connectivity index (χ2n) is 6.25. The average molecular weight is 368 g/mol. The molecule has 0 saturated heterocycles. The summed E-state index contributed by atoms with van der Waals surface area (Å²) in [5, 5.41) is 8.69. The van der Waals surface area contributed by atoms with Crippen molar-refractivity contribution in [2.24, 2.45) is 0 Å². The summed E-state index contributed by atoms with van der Waals surface area (Å²) in [6, 6.07) is 17.2. The average Bonchev–Trinajstić information content (AvgIpc) is 3.12. The molecule has 26 heavy (non-hydrogen) atoms. The molecule has 1 aromatic heterocycles. The van der Waals surface area contributed by atoms with Gasteiger partial charge in [0.05, 0.1) is 22.9 Å². The minimum Gasteiger partial charge on any atom is -0.361 e. The molecule has 0 amide bonds. The molecule has 0 fully saturated rings. The van der Waals surface area contributed by atoms with Crippen LogP contribution in [-0.2, 0) is 22.9 Å². The minimum atomic E-state index is -3.28. The zero-order valence-corrected chi connectivity index (χ0v) is 15.4. The SMILES string of the molecule is CCS(=O)(=O)c1ccccc1N1CCn2c(nnc2-c2ccccc2)C1. The van der Waals surface area contributed by atoms with Crippen molar-refractivity contribution in [3.8, 4) is 11.4 Å². The number of nitrogens with zero attached hydrogens (tertiary/aromatic N) is 4. The van der Waals surface area contributed by atoms with E-state index in [0.29, 0.717) is 24.5 Å². The Kier molecular flexibility index (Phi) is 4.24. The van der Waals surface area contributed by atoms with Gasteiger partial charge in [0.15, 0.2) is 21.5 Å². The molecule has 2 heterocycles. The summed E-state index contributed by atoms with van der Waals surface area (Å²) in [5.74, 6) is 1.79. The van der Waals surface area contributed by atoms with Gasteiger partial charge in [-0.05, 0) is 12.1 Å². The van der Waals surface area contributed by atoms with Gasteiger partial charge in [-0.25, -0.2) is 8.42 Å². The Labute approximate surface area is 153 Å². The lowest BCUT2D eigenvalue weighted by molar-refractivity contribution is 0.559. The maximum atomic E-state index is 12.4. The van der Waals surface area contributed by atoms with E-state index >= 15 is 0 Å². The van der Waals surface area contributed by atoms with Gasteiger partial charge in [-0.2, -0.15) is 0 Å². The molecule has 0 atom stereocenters. The molecule has 1 aliphatic rings. The highest BCUT2D eigenvalue weighted by Gasteiger charge is 2.26. The van der Waals surface area contributed by atoms with Crippen LogP contribution in [-0.4, -0.2) is 35.5 Å². The summed E-state index contributed by atoms with van der Waals surface area (Å²) in [6.07, 6.45) is 0. The first-order chi connectivity index (χ1) is 12.6. The molecule has 1 aliphatic heterocycles. The van der Waals surface area contributed by atoms with E-state index in [1.54, 1.807) is 19.1 Å². The normalized spacial score (nSPS) is 14.3. The van der Waals surface area contributed by atoms with Crippen LogP contribution in [0.25, 0.3) is 11.4 Å². The number of rotatable bonds is 4. The molecule has 3 aromatic rings. The van der Waals surface area contributed by atoms with Crippen LogP contribution in [0.15, 0.2) is 59.5 Å². The zero-order valence-electron chi connectivity index (χ0n) is 14.5. The van der Waals surface area contributed by atoms with Gasteiger partial charge in [0.1, 0.15) is 0 Å². The van der Waals surface area contributed by atoms with Gasteiger partial charge >= 0.3 is 0 Å². The van der Waals surface area contributed by atoms with Gasteiger partial charge in [-0.1, -0.05) is 49.4 Å². The number of hydrogen-bond acceptors (Lipinski definition) is 5. The topological polar surface area (TPSA) is 68.1 Å². The summed E-state index contributed by atoms with van der Waals surface area (Å²) in [7, 11) is -3.28. The number of sulfone groups is 1. The van der Waals surface area contributed by atoms with Crippen molar-refractivity contribution in [3.63, 3.8) is 0 Å². The summed E-state index contributed by atoms with van der Waals surface area (Å²) < 4.78 is 27.0. The Morgan fingerprint density at radius 3 is 2.46 bits per heavy atom. The molecular weight excluding hydrogens is 348 g/mol. The molecular formula is C19H20N4O2S. The Morgan fingerprint density at radius 1 is 0.962 bits per heavy atom. The number of para-hydroxylation sites is 1. The lowest BCUT2D eigenvalue weighted by atomic mass is 10.2. The van der Waals surface area contributed by atoms with Crippen molar-refractivity contribution in [1.82, 2.24) is 14.8 Å². The lowest BCUT2D eigenvalue weighted by Gasteiger charge is -2.31. The largest absolute Gasteiger partial charge is 0.361 e.